The minimum absolute atomic E-state index is 0.000560. The van der Waals surface area contributed by atoms with Gasteiger partial charge in [0.2, 0.25) is 5.91 Å². The largest absolute Gasteiger partial charge is 0.381 e. The lowest BCUT2D eigenvalue weighted by molar-refractivity contribution is -0.129. The maximum atomic E-state index is 14.4. The number of halogens is 2. The van der Waals surface area contributed by atoms with Crippen molar-refractivity contribution in [2.45, 2.75) is 58.5 Å². The molecule has 6 rings (SSSR count). The molecule has 8 nitrogen and oxygen atoms in total. The summed E-state index contributed by atoms with van der Waals surface area (Å²) in [7, 11) is 1.79. The summed E-state index contributed by atoms with van der Waals surface area (Å²) in [6, 6.07) is 3.81. The fourth-order valence-corrected chi connectivity index (χ4v) is 6.25. The maximum absolute atomic E-state index is 14.4. The molecule has 1 atom stereocenters. The number of hydrogen-bond donors (Lipinski definition) is 0. The van der Waals surface area contributed by atoms with Crippen LogP contribution in [0, 0.1) is 5.92 Å². The van der Waals surface area contributed by atoms with Gasteiger partial charge in [0.05, 0.1) is 18.8 Å². The van der Waals surface area contributed by atoms with E-state index >= 15 is 0 Å². The number of anilines is 2. The molecule has 3 aliphatic rings. The summed E-state index contributed by atoms with van der Waals surface area (Å²) >= 11 is 0. The van der Waals surface area contributed by atoms with Gasteiger partial charge in [-0.25, -0.2) is 8.78 Å². The van der Waals surface area contributed by atoms with Crippen LogP contribution in [0.15, 0.2) is 24.5 Å². The Balaban J connectivity index is 1.49. The molecule has 202 valence electrons. The van der Waals surface area contributed by atoms with E-state index in [0.29, 0.717) is 49.9 Å². The first-order valence-electron chi connectivity index (χ1n) is 13.4. The van der Waals surface area contributed by atoms with E-state index < -0.39 is 6.43 Å². The molecule has 1 fully saturated rings. The predicted octanol–water partition coefficient (Wildman–Crippen LogP) is 4.81. The molecule has 0 N–H and O–H groups in total. The number of carbonyl (C=O) groups excluding carboxylic acids is 1. The van der Waals surface area contributed by atoms with Crippen LogP contribution >= 0.6 is 0 Å². The Hall–Kier alpha value is -3.27. The third-order valence-electron chi connectivity index (χ3n) is 8.16. The summed E-state index contributed by atoms with van der Waals surface area (Å²) < 4.78 is 38.3. The normalized spacial score (nSPS) is 20.1. The molecule has 2 aromatic heterocycles. The fraction of sp³-hybridized carbons (Fsp3) is 0.536. The average molecular weight is 525 g/mol. The lowest BCUT2D eigenvalue weighted by Crippen LogP contribution is -2.36. The molecule has 38 heavy (non-hydrogen) atoms. The van der Waals surface area contributed by atoms with Crippen molar-refractivity contribution in [1.82, 2.24) is 24.5 Å². The number of benzene rings is 1. The number of carbonyl (C=O) groups is 1. The van der Waals surface area contributed by atoms with Gasteiger partial charge >= 0.3 is 0 Å². The van der Waals surface area contributed by atoms with Gasteiger partial charge in [0, 0.05) is 81.0 Å². The number of alkyl halides is 2. The van der Waals surface area contributed by atoms with Crippen LogP contribution in [0.1, 0.15) is 61.5 Å². The molecule has 5 heterocycles. The second-order valence-electron chi connectivity index (χ2n) is 10.9. The third kappa shape index (κ3) is 4.38. The number of ether oxygens (including phenoxy) is 1. The van der Waals surface area contributed by atoms with E-state index in [4.69, 9.17) is 9.84 Å². The van der Waals surface area contributed by atoms with Gasteiger partial charge in [-0.15, -0.1) is 0 Å². The van der Waals surface area contributed by atoms with E-state index in [0.717, 1.165) is 54.0 Å². The van der Waals surface area contributed by atoms with Crippen molar-refractivity contribution in [1.29, 1.82) is 0 Å². The van der Waals surface area contributed by atoms with Crippen molar-refractivity contribution in [2.24, 2.45) is 13.0 Å². The highest BCUT2D eigenvalue weighted by atomic mass is 19.3. The van der Waals surface area contributed by atoms with Crippen LogP contribution in [0.4, 0.5) is 20.3 Å². The molecule has 0 saturated carbocycles. The average Bonchev–Trinajstić information content (AvgIpc) is 3.51. The fourth-order valence-electron chi connectivity index (χ4n) is 6.25. The molecule has 0 aliphatic carbocycles. The lowest BCUT2D eigenvalue weighted by Gasteiger charge is -2.36. The first-order chi connectivity index (χ1) is 18.3. The minimum Gasteiger partial charge on any atom is -0.381 e. The summed E-state index contributed by atoms with van der Waals surface area (Å²) in [5.74, 6) is 1.13. The summed E-state index contributed by atoms with van der Waals surface area (Å²) in [5.41, 5.74) is 5.22. The zero-order chi connectivity index (χ0) is 26.6. The van der Waals surface area contributed by atoms with Gasteiger partial charge in [-0.2, -0.15) is 10.2 Å². The summed E-state index contributed by atoms with van der Waals surface area (Å²) in [4.78, 5) is 16.3. The van der Waals surface area contributed by atoms with Gasteiger partial charge in [-0.3, -0.25) is 14.2 Å². The van der Waals surface area contributed by atoms with Crippen molar-refractivity contribution in [2.75, 3.05) is 31.2 Å². The number of hydrogen-bond acceptors (Lipinski definition) is 5. The summed E-state index contributed by atoms with van der Waals surface area (Å²) in [6.07, 6.45) is 4.10. The molecule has 0 spiro atoms. The number of nitrogens with zero attached hydrogens (tertiary/aromatic N) is 6. The Kier molecular flexibility index (Phi) is 6.45. The van der Waals surface area contributed by atoms with Crippen molar-refractivity contribution in [3.8, 4) is 11.1 Å². The van der Waals surface area contributed by atoms with Crippen LogP contribution in [-0.2, 0) is 36.0 Å². The Labute approximate surface area is 221 Å². The Bertz CT molecular complexity index is 1360. The molecular formula is C28H34F2N6O2. The molecule has 0 unspecified atom stereocenters. The molecule has 10 heteroatoms. The number of aromatic nitrogens is 4. The minimum atomic E-state index is -2.63. The SMILES string of the molecule is CC(=O)N1CCc2c(c(N3C[C@@H](C)Cc4cc(-c5cnn(C)c5)c(C(F)F)cc43)nn2C2CCOCC2)C1. The molecule has 1 saturated heterocycles. The van der Waals surface area contributed by atoms with E-state index in [1.807, 2.05) is 11.0 Å². The topological polar surface area (TPSA) is 68.4 Å². The van der Waals surface area contributed by atoms with E-state index in [-0.39, 0.29) is 17.5 Å². The first kappa shape index (κ1) is 25.0. The Morgan fingerprint density at radius 3 is 2.68 bits per heavy atom. The van der Waals surface area contributed by atoms with E-state index in [2.05, 4.69) is 21.6 Å². The highest BCUT2D eigenvalue weighted by Gasteiger charge is 2.35. The zero-order valence-electron chi connectivity index (χ0n) is 22.2. The smallest absolute Gasteiger partial charge is 0.264 e. The van der Waals surface area contributed by atoms with E-state index in [1.165, 1.54) is 0 Å². The number of rotatable bonds is 4. The second kappa shape index (κ2) is 9.80. The van der Waals surface area contributed by atoms with E-state index in [9.17, 15) is 13.6 Å². The second-order valence-corrected chi connectivity index (χ2v) is 10.9. The van der Waals surface area contributed by atoms with Crippen molar-refractivity contribution in [3.63, 3.8) is 0 Å². The van der Waals surface area contributed by atoms with Crippen LogP contribution < -0.4 is 4.90 Å². The number of fused-ring (bicyclic) bond motifs is 2. The lowest BCUT2D eigenvalue weighted by atomic mass is 9.89. The quantitative estimate of drug-likeness (QED) is 0.490. The Morgan fingerprint density at radius 1 is 1.21 bits per heavy atom. The van der Waals surface area contributed by atoms with Crippen molar-refractivity contribution < 1.29 is 18.3 Å². The highest BCUT2D eigenvalue weighted by molar-refractivity contribution is 5.78. The van der Waals surface area contributed by atoms with Crippen LogP contribution in [0.25, 0.3) is 11.1 Å². The predicted molar refractivity (Wildman–Crippen MR) is 140 cm³/mol. The van der Waals surface area contributed by atoms with Gasteiger partial charge in [0.15, 0.2) is 5.82 Å². The van der Waals surface area contributed by atoms with Crippen LogP contribution in [0.2, 0.25) is 0 Å². The van der Waals surface area contributed by atoms with Gasteiger partial charge in [0.1, 0.15) is 0 Å². The first-order valence-corrected chi connectivity index (χ1v) is 13.4. The van der Waals surface area contributed by atoms with Gasteiger partial charge in [-0.1, -0.05) is 6.92 Å². The monoisotopic (exact) mass is 524 g/mol. The summed E-state index contributed by atoms with van der Waals surface area (Å²) in [6.45, 7) is 7.01. The molecule has 3 aromatic rings. The standard InChI is InChI=1S/C28H34F2N6O2/c1-17-10-19-11-22(20-13-31-33(3)15-20)23(27(29)30)12-26(19)35(14-17)28-24-16-34(18(2)37)7-4-25(24)36(32-28)21-5-8-38-9-6-21/h11-13,15,17,21,27H,4-10,14,16H2,1-3H3/t17-/m0/s1. The molecule has 0 radical (unpaired) electrons. The molecule has 3 aliphatic heterocycles. The molecule has 1 aromatic carbocycles. The van der Waals surface area contributed by atoms with Crippen molar-refractivity contribution >= 4 is 17.4 Å². The molecular weight excluding hydrogens is 490 g/mol. The third-order valence-corrected chi connectivity index (χ3v) is 8.16. The number of amides is 1. The Morgan fingerprint density at radius 2 is 2.00 bits per heavy atom. The van der Waals surface area contributed by atoms with Crippen LogP contribution in [0.5, 0.6) is 0 Å². The zero-order valence-corrected chi connectivity index (χ0v) is 22.2. The van der Waals surface area contributed by atoms with Gasteiger partial charge < -0.3 is 14.5 Å². The van der Waals surface area contributed by atoms with Gasteiger partial charge in [0.25, 0.3) is 6.43 Å². The van der Waals surface area contributed by atoms with E-state index in [1.54, 1.807) is 37.1 Å². The maximum Gasteiger partial charge on any atom is 0.264 e. The van der Waals surface area contributed by atoms with Gasteiger partial charge in [-0.05, 0) is 48.4 Å². The van der Waals surface area contributed by atoms with Crippen molar-refractivity contribution in [3.05, 3.63) is 46.9 Å². The number of aryl methyl sites for hydroxylation is 1. The highest BCUT2D eigenvalue weighted by Crippen LogP contribution is 2.44. The summed E-state index contributed by atoms with van der Waals surface area (Å²) in [5, 5.41) is 9.38. The molecule has 1 amide bonds. The van der Waals surface area contributed by atoms with Crippen LogP contribution in [-0.4, -0.2) is 56.7 Å². The van der Waals surface area contributed by atoms with Crippen LogP contribution in [0.3, 0.4) is 0 Å². The molecule has 0 bridgehead atoms.